The van der Waals surface area contributed by atoms with E-state index in [1.807, 2.05) is 12.1 Å². The third-order valence-corrected chi connectivity index (χ3v) is 6.85. The molecule has 1 unspecified atom stereocenters. The molecule has 1 amide bonds. The van der Waals surface area contributed by atoms with Gasteiger partial charge in [0.25, 0.3) is 0 Å². The van der Waals surface area contributed by atoms with Gasteiger partial charge in [0.15, 0.2) is 0 Å². The van der Waals surface area contributed by atoms with Gasteiger partial charge in [0.1, 0.15) is 5.82 Å². The van der Waals surface area contributed by atoms with Gasteiger partial charge < -0.3 is 10.1 Å². The molecule has 4 rings (SSSR count). The van der Waals surface area contributed by atoms with Crippen LogP contribution in [0.3, 0.4) is 0 Å². The molecule has 166 valence electrons. The van der Waals surface area contributed by atoms with Gasteiger partial charge in [-0.25, -0.2) is 4.39 Å². The number of ether oxygens (including phenoxy) is 1. The largest absolute Gasteiger partial charge is 0.381 e. The fourth-order valence-electron chi connectivity index (χ4n) is 5.05. The molecule has 0 radical (unpaired) electrons. The predicted octanol–water partition coefficient (Wildman–Crippen LogP) is 4.42. The van der Waals surface area contributed by atoms with Crippen molar-refractivity contribution in [1.29, 1.82) is 0 Å². The fraction of sp³-hybridized carbons (Fsp3) is 0.500. The lowest BCUT2D eigenvalue weighted by Gasteiger charge is -2.36. The molecule has 2 fully saturated rings. The molecule has 2 heterocycles. The lowest BCUT2D eigenvalue weighted by Crippen LogP contribution is -2.48. The number of amides is 1. The molecule has 2 aromatic rings. The van der Waals surface area contributed by atoms with Crippen LogP contribution in [0.15, 0.2) is 48.5 Å². The topological polar surface area (TPSA) is 41.6 Å². The van der Waals surface area contributed by atoms with E-state index in [1.54, 1.807) is 6.07 Å². The number of nitrogens with one attached hydrogen (secondary N) is 1. The predicted molar refractivity (Wildman–Crippen MR) is 120 cm³/mol. The monoisotopic (exact) mass is 424 g/mol. The maximum Gasteiger partial charge on any atom is 0.231 e. The molecule has 0 aromatic heterocycles. The number of carbonyl (C=O) groups excluding carboxylic acids is 1. The summed E-state index contributed by atoms with van der Waals surface area (Å²) in [5, 5.41) is 3.18. The van der Waals surface area contributed by atoms with Crippen LogP contribution in [0.4, 0.5) is 4.39 Å². The molecule has 1 N–H and O–H groups in total. The first kappa shape index (κ1) is 22.0. The minimum atomic E-state index is -0.738. The summed E-state index contributed by atoms with van der Waals surface area (Å²) in [6, 6.07) is 14.8. The molecule has 1 atom stereocenters. The summed E-state index contributed by atoms with van der Waals surface area (Å²) in [7, 11) is 0. The number of carbonyl (C=O) groups is 1. The van der Waals surface area contributed by atoms with E-state index in [1.165, 1.54) is 30.5 Å². The molecule has 0 bridgehead atoms. The van der Waals surface area contributed by atoms with Crippen LogP contribution < -0.4 is 5.32 Å². The molecule has 2 aromatic carbocycles. The maximum absolute atomic E-state index is 13.9. The minimum absolute atomic E-state index is 0.0391. The van der Waals surface area contributed by atoms with E-state index < -0.39 is 5.41 Å². The Balaban J connectivity index is 1.48. The first-order chi connectivity index (χ1) is 15.1. The summed E-state index contributed by atoms with van der Waals surface area (Å²) in [5.41, 5.74) is 2.42. The molecule has 2 aliphatic heterocycles. The molecular formula is C26H33FN2O2. The Hall–Kier alpha value is -2.24. The maximum atomic E-state index is 13.9. The molecule has 2 saturated heterocycles. The van der Waals surface area contributed by atoms with Crippen LogP contribution in [0, 0.1) is 11.7 Å². The average Bonchev–Trinajstić information content (AvgIpc) is 2.79. The summed E-state index contributed by atoms with van der Waals surface area (Å²) in [5.74, 6) is 0.389. The van der Waals surface area contributed by atoms with Crippen molar-refractivity contribution in [3.63, 3.8) is 0 Å². The van der Waals surface area contributed by atoms with Crippen molar-refractivity contribution in [2.24, 2.45) is 5.92 Å². The average molecular weight is 425 g/mol. The molecular weight excluding hydrogens is 391 g/mol. The third kappa shape index (κ3) is 5.16. The van der Waals surface area contributed by atoms with Crippen LogP contribution in [0.5, 0.6) is 0 Å². The van der Waals surface area contributed by atoms with E-state index in [0.717, 1.165) is 36.7 Å². The number of nitrogens with zero attached hydrogens (tertiary/aromatic N) is 1. The lowest BCUT2D eigenvalue weighted by atomic mass is 9.73. The quantitative estimate of drug-likeness (QED) is 0.746. The van der Waals surface area contributed by atoms with Gasteiger partial charge in [-0.3, -0.25) is 9.69 Å². The van der Waals surface area contributed by atoms with Crippen molar-refractivity contribution in [3.8, 4) is 0 Å². The smallest absolute Gasteiger partial charge is 0.231 e. The second kappa shape index (κ2) is 9.92. The fourth-order valence-corrected chi connectivity index (χ4v) is 5.05. The van der Waals surface area contributed by atoms with Gasteiger partial charge in [-0.1, -0.05) is 43.3 Å². The third-order valence-electron chi connectivity index (χ3n) is 6.85. The second-order valence-corrected chi connectivity index (χ2v) is 9.14. The summed E-state index contributed by atoms with van der Waals surface area (Å²) in [4.78, 5) is 16.0. The van der Waals surface area contributed by atoms with Crippen LogP contribution in [-0.2, 0) is 28.0 Å². The van der Waals surface area contributed by atoms with Gasteiger partial charge in [0.2, 0.25) is 5.91 Å². The van der Waals surface area contributed by atoms with Gasteiger partial charge in [-0.15, -0.1) is 0 Å². The highest BCUT2D eigenvalue weighted by molar-refractivity contribution is 5.88. The Morgan fingerprint density at radius 2 is 1.94 bits per heavy atom. The molecule has 0 spiro atoms. The number of likely N-dealkylation sites (tertiary alicyclic amines) is 1. The van der Waals surface area contributed by atoms with E-state index in [-0.39, 0.29) is 11.7 Å². The SMILES string of the molecule is CC1CCCN(Cc2ccccc2CNC(=O)C2(c3cccc(F)c3)CCOCC2)C1. The standard InChI is InChI=1S/C26H33FN2O2/c1-20-6-5-13-29(18-20)19-22-8-3-2-7-21(22)17-28-25(30)26(11-14-31-15-12-26)23-9-4-10-24(27)16-23/h2-4,7-10,16,20H,5-6,11-15,17-19H2,1H3,(H,28,30). The van der Waals surface area contributed by atoms with Crippen molar-refractivity contribution in [1.82, 2.24) is 10.2 Å². The first-order valence-electron chi connectivity index (χ1n) is 11.5. The Kier molecular flexibility index (Phi) is 7.03. The zero-order valence-electron chi connectivity index (χ0n) is 18.4. The van der Waals surface area contributed by atoms with Gasteiger partial charge in [0.05, 0.1) is 5.41 Å². The Morgan fingerprint density at radius 1 is 1.16 bits per heavy atom. The highest BCUT2D eigenvalue weighted by Gasteiger charge is 2.41. The molecule has 31 heavy (non-hydrogen) atoms. The number of piperidine rings is 1. The van der Waals surface area contributed by atoms with Crippen molar-refractivity contribution in [2.45, 2.75) is 51.1 Å². The summed E-state index contributed by atoms with van der Waals surface area (Å²) in [6.45, 7) is 6.99. The number of rotatable bonds is 6. The van der Waals surface area contributed by atoms with Crippen molar-refractivity contribution >= 4 is 5.91 Å². The van der Waals surface area contributed by atoms with E-state index in [4.69, 9.17) is 4.74 Å². The number of hydrogen-bond acceptors (Lipinski definition) is 3. The van der Waals surface area contributed by atoms with E-state index in [0.29, 0.717) is 32.6 Å². The number of halogens is 1. The van der Waals surface area contributed by atoms with Crippen molar-refractivity contribution in [3.05, 3.63) is 71.0 Å². The first-order valence-corrected chi connectivity index (χ1v) is 11.5. The highest BCUT2D eigenvalue weighted by atomic mass is 19.1. The van der Waals surface area contributed by atoms with Gasteiger partial charge in [0, 0.05) is 32.8 Å². The lowest BCUT2D eigenvalue weighted by molar-refractivity contribution is -0.130. The van der Waals surface area contributed by atoms with Crippen LogP contribution in [0.25, 0.3) is 0 Å². The summed E-state index contributed by atoms with van der Waals surface area (Å²) >= 11 is 0. The van der Waals surface area contributed by atoms with Crippen molar-refractivity contribution in [2.75, 3.05) is 26.3 Å². The Labute approximate surface area is 184 Å². The molecule has 5 heteroatoms. The summed E-state index contributed by atoms with van der Waals surface area (Å²) < 4.78 is 19.5. The Morgan fingerprint density at radius 3 is 2.68 bits per heavy atom. The molecule has 4 nitrogen and oxygen atoms in total. The Bertz CT molecular complexity index is 894. The highest BCUT2D eigenvalue weighted by Crippen LogP contribution is 2.35. The normalized spacial score (nSPS) is 21.5. The van der Waals surface area contributed by atoms with E-state index >= 15 is 0 Å². The number of benzene rings is 2. The van der Waals surface area contributed by atoms with Crippen LogP contribution >= 0.6 is 0 Å². The van der Waals surface area contributed by atoms with Gasteiger partial charge >= 0.3 is 0 Å². The molecule has 0 aliphatic carbocycles. The number of hydrogen-bond donors (Lipinski definition) is 1. The van der Waals surface area contributed by atoms with Crippen LogP contribution in [0.2, 0.25) is 0 Å². The molecule has 2 aliphatic rings. The van der Waals surface area contributed by atoms with E-state index in [9.17, 15) is 9.18 Å². The van der Waals surface area contributed by atoms with Crippen molar-refractivity contribution < 1.29 is 13.9 Å². The minimum Gasteiger partial charge on any atom is -0.381 e. The zero-order chi connectivity index (χ0) is 21.7. The van der Waals surface area contributed by atoms with E-state index in [2.05, 4.69) is 35.3 Å². The van der Waals surface area contributed by atoms with Crippen LogP contribution in [0.1, 0.15) is 49.3 Å². The molecule has 0 saturated carbocycles. The summed E-state index contributed by atoms with van der Waals surface area (Å²) in [6.07, 6.45) is 3.68. The zero-order valence-corrected chi connectivity index (χ0v) is 18.4. The van der Waals surface area contributed by atoms with Gasteiger partial charge in [-0.05, 0) is 67.0 Å². The van der Waals surface area contributed by atoms with Gasteiger partial charge in [-0.2, -0.15) is 0 Å². The second-order valence-electron chi connectivity index (χ2n) is 9.14. The van der Waals surface area contributed by atoms with Crippen LogP contribution in [-0.4, -0.2) is 37.1 Å².